The maximum absolute atomic E-state index is 12.8. The Bertz CT molecular complexity index is 978. The van der Waals surface area contributed by atoms with E-state index >= 15 is 0 Å². The lowest BCUT2D eigenvalue weighted by atomic mass is 9.76. The molecule has 0 N–H and O–H groups in total. The van der Waals surface area contributed by atoms with Gasteiger partial charge in [0.25, 0.3) is 0 Å². The van der Waals surface area contributed by atoms with Gasteiger partial charge >= 0.3 is 0 Å². The molecule has 0 saturated carbocycles. The van der Waals surface area contributed by atoms with Crippen LogP contribution in [-0.2, 0) is 6.42 Å². The molecule has 132 valence electrons. The predicted molar refractivity (Wildman–Crippen MR) is 107 cm³/mol. The largest absolute Gasteiger partial charge is 0.313 e. The van der Waals surface area contributed by atoms with Crippen molar-refractivity contribution >= 4 is 17.4 Å². The monoisotopic (exact) mass is 363 g/mol. The zero-order valence-corrected chi connectivity index (χ0v) is 16.1. The first-order valence-electron chi connectivity index (χ1n) is 8.95. The normalized spacial score (nSPS) is 15.8. The number of carbonyl (C=O) groups excluding carboxylic acids is 1. The molecule has 2 nitrogen and oxygen atoms in total. The highest BCUT2D eigenvalue weighted by molar-refractivity contribution is 6.30. The van der Waals surface area contributed by atoms with Crippen molar-refractivity contribution in [3.8, 4) is 16.9 Å². The number of aryl methyl sites for hydroxylation is 1. The summed E-state index contributed by atoms with van der Waals surface area (Å²) in [4.78, 5) is 12.8. The summed E-state index contributed by atoms with van der Waals surface area (Å²) in [6.45, 7) is 6.42. The standard InChI is InChI=1S/C23H22ClNO/c1-15-4-10-18(11-5-15)25-20(16-6-8-17(24)9-7-16)12-19-21(25)13-23(2,3)14-22(19)26/h4-12H,13-14H2,1-3H3. The molecule has 0 amide bonds. The van der Waals surface area contributed by atoms with Gasteiger partial charge in [0.15, 0.2) is 5.78 Å². The summed E-state index contributed by atoms with van der Waals surface area (Å²) < 4.78 is 2.25. The lowest BCUT2D eigenvalue weighted by Crippen LogP contribution is -2.27. The number of benzene rings is 2. The Kier molecular flexibility index (Phi) is 4.04. The molecule has 0 bridgehead atoms. The van der Waals surface area contributed by atoms with Gasteiger partial charge in [-0.25, -0.2) is 0 Å². The molecule has 1 aliphatic rings. The zero-order valence-electron chi connectivity index (χ0n) is 15.3. The van der Waals surface area contributed by atoms with Gasteiger partial charge in [-0.15, -0.1) is 0 Å². The van der Waals surface area contributed by atoms with Gasteiger partial charge in [-0.1, -0.05) is 55.3 Å². The zero-order chi connectivity index (χ0) is 18.5. The Morgan fingerprint density at radius 1 is 0.962 bits per heavy atom. The lowest BCUT2D eigenvalue weighted by Gasteiger charge is -2.30. The minimum Gasteiger partial charge on any atom is -0.313 e. The third-order valence-electron chi connectivity index (χ3n) is 5.12. The van der Waals surface area contributed by atoms with Crippen LogP contribution in [-0.4, -0.2) is 10.4 Å². The van der Waals surface area contributed by atoms with Crippen LogP contribution in [0.15, 0.2) is 54.6 Å². The number of hydrogen-bond acceptors (Lipinski definition) is 1. The van der Waals surface area contributed by atoms with Crippen molar-refractivity contribution in [3.05, 3.63) is 76.4 Å². The molecule has 26 heavy (non-hydrogen) atoms. The Labute approximate surface area is 159 Å². The van der Waals surface area contributed by atoms with E-state index in [9.17, 15) is 4.79 Å². The van der Waals surface area contributed by atoms with Crippen LogP contribution in [0.4, 0.5) is 0 Å². The number of hydrogen-bond donors (Lipinski definition) is 0. The van der Waals surface area contributed by atoms with E-state index in [-0.39, 0.29) is 11.2 Å². The Hall–Kier alpha value is -2.32. The van der Waals surface area contributed by atoms with Gasteiger partial charge in [0.2, 0.25) is 0 Å². The van der Waals surface area contributed by atoms with E-state index in [4.69, 9.17) is 11.6 Å². The summed E-state index contributed by atoms with van der Waals surface area (Å²) in [5.74, 6) is 0.234. The van der Waals surface area contributed by atoms with Gasteiger partial charge in [-0.05, 0) is 54.7 Å². The van der Waals surface area contributed by atoms with Crippen molar-refractivity contribution in [1.82, 2.24) is 4.57 Å². The third-order valence-corrected chi connectivity index (χ3v) is 5.37. The molecule has 3 aromatic rings. The molecule has 0 saturated heterocycles. The summed E-state index contributed by atoms with van der Waals surface area (Å²) in [6.07, 6.45) is 1.48. The number of rotatable bonds is 2. The highest BCUT2D eigenvalue weighted by Gasteiger charge is 2.34. The Morgan fingerprint density at radius 3 is 2.27 bits per heavy atom. The fraction of sp³-hybridized carbons (Fsp3) is 0.261. The topological polar surface area (TPSA) is 22.0 Å². The second-order valence-electron chi connectivity index (χ2n) is 8.01. The van der Waals surface area contributed by atoms with E-state index in [2.05, 4.69) is 55.7 Å². The van der Waals surface area contributed by atoms with Crippen LogP contribution in [0.1, 0.15) is 41.9 Å². The van der Waals surface area contributed by atoms with Crippen molar-refractivity contribution in [3.63, 3.8) is 0 Å². The van der Waals surface area contributed by atoms with Crippen molar-refractivity contribution in [2.45, 2.75) is 33.6 Å². The highest BCUT2D eigenvalue weighted by atomic mass is 35.5. The van der Waals surface area contributed by atoms with Gasteiger partial charge < -0.3 is 4.57 Å². The number of aromatic nitrogens is 1. The number of halogens is 1. The molecule has 3 heteroatoms. The van der Waals surface area contributed by atoms with Crippen molar-refractivity contribution in [1.29, 1.82) is 0 Å². The fourth-order valence-electron chi connectivity index (χ4n) is 3.83. The van der Waals surface area contributed by atoms with Crippen LogP contribution < -0.4 is 0 Å². The number of fused-ring (bicyclic) bond motifs is 1. The third kappa shape index (κ3) is 2.99. The van der Waals surface area contributed by atoms with Gasteiger partial charge in [-0.3, -0.25) is 4.79 Å². The van der Waals surface area contributed by atoms with Crippen molar-refractivity contribution < 1.29 is 4.79 Å². The van der Waals surface area contributed by atoms with E-state index in [1.54, 1.807) is 0 Å². The maximum atomic E-state index is 12.8. The second kappa shape index (κ2) is 6.14. The fourth-order valence-corrected chi connectivity index (χ4v) is 3.96. The van der Waals surface area contributed by atoms with Crippen molar-refractivity contribution in [2.24, 2.45) is 5.41 Å². The molecule has 1 aliphatic carbocycles. The number of ketones is 1. The van der Waals surface area contributed by atoms with E-state index in [1.807, 2.05) is 24.3 Å². The summed E-state index contributed by atoms with van der Waals surface area (Å²) in [5, 5.41) is 0.712. The molecular weight excluding hydrogens is 342 g/mol. The van der Waals surface area contributed by atoms with Crippen molar-refractivity contribution in [2.75, 3.05) is 0 Å². The molecule has 2 aromatic carbocycles. The van der Waals surface area contributed by atoms with E-state index < -0.39 is 0 Å². The van der Waals surface area contributed by atoms with E-state index in [0.29, 0.717) is 11.4 Å². The maximum Gasteiger partial charge on any atom is 0.165 e. The second-order valence-corrected chi connectivity index (χ2v) is 8.45. The van der Waals surface area contributed by atoms with Crippen LogP contribution in [0.5, 0.6) is 0 Å². The Morgan fingerprint density at radius 2 is 1.62 bits per heavy atom. The molecular formula is C23H22ClNO. The summed E-state index contributed by atoms with van der Waals surface area (Å²) in [5.41, 5.74) is 6.36. The SMILES string of the molecule is Cc1ccc(-n2c(-c3ccc(Cl)cc3)cc3c2CC(C)(C)CC3=O)cc1. The van der Waals surface area contributed by atoms with Gasteiger partial charge in [-0.2, -0.15) is 0 Å². The molecule has 1 heterocycles. The lowest BCUT2D eigenvalue weighted by molar-refractivity contribution is 0.0911. The molecule has 0 aliphatic heterocycles. The predicted octanol–water partition coefficient (Wildman–Crippen LogP) is 6.26. The first kappa shape index (κ1) is 17.1. The first-order chi connectivity index (χ1) is 12.3. The molecule has 0 fully saturated rings. The quantitative estimate of drug-likeness (QED) is 0.526. The number of nitrogens with zero attached hydrogens (tertiary/aromatic N) is 1. The molecule has 4 rings (SSSR count). The smallest absolute Gasteiger partial charge is 0.165 e. The average Bonchev–Trinajstić information content (AvgIpc) is 2.94. The van der Waals surface area contributed by atoms with Crippen LogP contribution in [0.3, 0.4) is 0 Å². The number of carbonyl (C=O) groups is 1. The minimum absolute atomic E-state index is 0.0256. The molecule has 0 unspecified atom stereocenters. The molecule has 0 spiro atoms. The van der Waals surface area contributed by atoms with Gasteiger partial charge in [0.05, 0.1) is 5.69 Å². The Balaban J connectivity index is 1.98. The van der Waals surface area contributed by atoms with Gasteiger partial charge in [0.1, 0.15) is 0 Å². The minimum atomic E-state index is -0.0256. The average molecular weight is 364 g/mol. The molecule has 0 atom stereocenters. The number of Topliss-reactive ketones (excluding diaryl/α,β-unsaturated/α-hetero) is 1. The highest BCUT2D eigenvalue weighted by Crippen LogP contribution is 2.40. The summed E-state index contributed by atoms with van der Waals surface area (Å²) in [6, 6.07) is 18.4. The van der Waals surface area contributed by atoms with Gasteiger partial charge in [0, 0.05) is 28.4 Å². The first-order valence-corrected chi connectivity index (χ1v) is 9.33. The summed E-state index contributed by atoms with van der Waals surface area (Å²) in [7, 11) is 0. The summed E-state index contributed by atoms with van der Waals surface area (Å²) >= 11 is 6.07. The van der Waals surface area contributed by atoms with Crippen LogP contribution in [0.2, 0.25) is 5.02 Å². The van der Waals surface area contributed by atoms with Crippen LogP contribution in [0.25, 0.3) is 16.9 Å². The van der Waals surface area contributed by atoms with E-state index in [1.165, 1.54) is 5.56 Å². The van der Waals surface area contributed by atoms with E-state index in [0.717, 1.165) is 34.6 Å². The van der Waals surface area contributed by atoms with Crippen LogP contribution in [0, 0.1) is 12.3 Å². The van der Waals surface area contributed by atoms with Crippen LogP contribution >= 0.6 is 11.6 Å². The molecule has 1 aromatic heterocycles. The molecule has 0 radical (unpaired) electrons.